The van der Waals surface area contributed by atoms with Crippen molar-refractivity contribution in [2.75, 3.05) is 41.0 Å². The Morgan fingerprint density at radius 1 is 0.500 bits per heavy atom. The van der Waals surface area contributed by atoms with Crippen LogP contribution in [0.2, 0.25) is 0 Å². The normalized spacial score (nSPS) is 14.0. The highest BCUT2D eigenvalue weighted by Crippen LogP contribution is 2.10. The molecule has 0 fully saturated rings. The zero-order valence-electron chi connectivity index (χ0n) is 39.5. The van der Waals surface area contributed by atoms with Crippen LogP contribution in [-0.4, -0.2) is 75.5 Å². The molecule has 0 bridgehead atoms. The second-order valence-corrected chi connectivity index (χ2v) is 16.3. The van der Waals surface area contributed by atoms with Gasteiger partial charge in [-0.1, -0.05) is 148 Å². The van der Waals surface area contributed by atoms with Gasteiger partial charge in [0.1, 0.15) is 12.6 Å². The summed E-state index contributed by atoms with van der Waals surface area (Å²) in [6, 6.07) is -0.751. The molecule has 0 aliphatic rings. The highest BCUT2D eigenvalue weighted by molar-refractivity contribution is 5.70. The number of unbranched alkanes of at least 4 members (excludes halogenated alkanes) is 6. The highest BCUT2D eigenvalue weighted by Gasteiger charge is 2.25. The molecule has 0 amide bonds. The van der Waals surface area contributed by atoms with Crippen molar-refractivity contribution in [3.05, 3.63) is 122 Å². The van der Waals surface area contributed by atoms with Gasteiger partial charge in [0.2, 0.25) is 0 Å². The maximum Gasteiger partial charge on any atom is 0.306 e. The average molecular weight is 860 g/mol. The summed E-state index contributed by atoms with van der Waals surface area (Å²) in [6.45, 7) is 4.38. The molecule has 0 saturated carbocycles. The summed E-state index contributed by atoms with van der Waals surface area (Å²) in [5.41, 5.74) is 0. The number of allylic oxidation sites excluding steroid dienone is 20. The molecule has 0 radical (unpaired) electrons. The van der Waals surface area contributed by atoms with E-state index in [4.69, 9.17) is 14.2 Å². The number of esters is 2. The summed E-state index contributed by atoms with van der Waals surface area (Å²) in [5, 5.41) is 11.6. The lowest BCUT2D eigenvalue weighted by Crippen LogP contribution is -2.55. The smallest absolute Gasteiger partial charge is 0.306 e. The first-order valence-corrected chi connectivity index (χ1v) is 23.6. The fraction of sp³-hybridized carbons (Fsp3) is 0.574. The van der Waals surface area contributed by atoms with E-state index < -0.39 is 18.1 Å². The van der Waals surface area contributed by atoms with Crippen LogP contribution >= 0.6 is 0 Å². The minimum atomic E-state index is -1.15. The molecule has 62 heavy (non-hydrogen) atoms. The Morgan fingerprint density at radius 2 is 0.903 bits per heavy atom. The van der Waals surface area contributed by atoms with Crippen LogP contribution in [0, 0.1) is 0 Å². The Bertz CT molecular complexity index is 1420. The van der Waals surface area contributed by atoms with Gasteiger partial charge in [0, 0.05) is 19.3 Å². The lowest BCUT2D eigenvalue weighted by Gasteiger charge is -2.34. The molecule has 0 aromatic carbocycles. The molecule has 0 aromatic rings. The molecule has 0 rings (SSSR count). The summed E-state index contributed by atoms with van der Waals surface area (Å²) in [7, 11) is 5.36. The molecule has 0 heterocycles. The van der Waals surface area contributed by atoms with Crippen LogP contribution in [0.4, 0.5) is 0 Å². The summed E-state index contributed by atoms with van der Waals surface area (Å²) < 4.78 is 17.1. The van der Waals surface area contributed by atoms with Gasteiger partial charge >= 0.3 is 11.9 Å². The molecule has 8 nitrogen and oxygen atoms in total. The molecule has 0 aliphatic carbocycles. The number of carboxylic acid groups (broad SMARTS) is 1. The number of aliphatic carboxylic acids is 1. The predicted octanol–water partition coefficient (Wildman–Crippen LogP) is 12.1. The van der Waals surface area contributed by atoms with Gasteiger partial charge in [-0.15, -0.1) is 0 Å². The Labute approximate surface area is 378 Å². The van der Waals surface area contributed by atoms with Gasteiger partial charge in [0.25, 0.3) is 0 Å². The fourth-order valence-electron chi connectivity index (χ4n) is 5.95. The second kappa shape index (κ2) is 43.4. The summed E-state index contributed by atoms with van der Waals surface area (Å²) in [5.74, 6) is -1.89. The Hall–Kier alpha value is -4.27. The van der Waals surface area contributed by atoms with E-state index in [9.17, 15) is 19.5 Å². The van der Waals surface area contributed by atoms with E-state index in [-0.39, 0.29) is 55.5 Å². The first-order chi connectivity index (χ1) is 30.1. The Kier molecular flexibility index (Phi) is 40.4. The number of ether oxygens (including phenoxy) is 3. The van der Waals surface area contributed by atoms with E-state index in [2.05, 4.69) is 135 Å². The number of nitrogens with zero attached hydrogens (tertiary/aromatic N) is 1. The van der Waals surface area contributed by atoms with Crippen molar-refractivity contribution >= 4 is 17.9 Å². The number of hydrogen-bond acceptors (Lipinski definition) is 7. The molecule has 348 valence electrons. The van der Waals surface area contributed by atoms with Crippen LogP contribution in [0.15, 0.2) is 122 Å². The number of carbonyl (C=O) groups excluding carboxylic acids is 3. The first-order valence-electron chi connectivity index (χ1n) is 23.6. The largest absolute Gasteiger partial charge is 0.544 e. The van der Waals surface area contributed by atoms with E-state index in [1.807, 2.05) is 0 Å². The molecular formula is C54H85NO7. The van der Waals surface area contributed by atoms with Crippen molar-refractivity contribution in [1.29, 1.82) is 0 Å². The van der Waals surface area contributed by atoms with Gasteiger partial charge in [-0.25, -0.2) is 0 Å². The van der Waals surface area contributed by atoms with Gasteiger partial charge < -0.3 is 28.6 Å². The minimum absolute atomic E-state index is 0.00502. The van der Waals surface area contributed by atoms with Crippen molar-refractivity contribution < 1.29 is 38.2 Å². The number of rotatable bonds is 40. The second-order valence-electron chi connectivity index (χ2n) is 16.3. The van der Waals surface area contributed by atoms with Crippen LogP contribution in [0.25, 0.3) is 0 Å². The number of carbonyl (C=O) groups is 3. The first kappa shape index (κ1) is 57.7. The summed E-state index contributed by atoms with van der Waals surface area (Å²) >= 11 is 0. The molecular weight excluding hydrogens is 775 g/mol. The van der Waals surface area contributed by atoms with Crippen molar-refractivity contribution in [2.45, 2.75) is 161 Å². The number of quaternary nitrogens is 1. The van der Waals surface area contributed by atoms with E-state index >= 15 is 0 Å². The maximum atomic E-state index is 12.7. The van der Waals surface area contributed by atoms with Gasteiger partial charge in [-0.2, -0.15) is 0 Å². The van der Waals surface area contributed by atoms with Crippen molar-refractivity contribution in [3.63, 3.8) is 0 Å². The van der Waals surface area contributed by atoms with Crippen LogP contribution in [0.1, 0.15) is 149 Å². The fourth-order valence-corrected chi connectivity index (χ4v) is 5.95. The monoisotopic (exact) mass is 860 g/mol. The molecule has 0 saturated heterocycles. The molecule has 2 atom stereocenters. The number of likely N-dealkylation sites (N-methyl/N-ethyl adjacent to an activating group) is 1. The summed E-state index contributed by atoms with van der Waals surface area (Å²) in [4.78, 5) is 36.9. The molecule has 0 N–H and O–H groups in total. The lowest BCUT2D eigenvalue weighted by molar-refractivity contribution is -0.889. The standard InChI is InChI=1S/C54H85NO7/c1-6-8-10-12-14-16-18-20-22-24-25-26-27-29-30-32-34-36-38-40-42-44-52(56)61-49-50(48-60-47-46-51(54(58)59)55(3,4)5)62-53(57)45-43-41-39-37-35-33-31-28-23-21-19-17-15-13-11-9-7-2/h9,11,14-17,20-23,25-26,29-31,33-34,36-37,39,50-51H,6-8,10,12-13,18-19,24,27-28,32,35,38,40-49H2,1-5H3/b11-9+,16-14+,17-15+,22-20+,23-21+,26-25+,30-29+,33-31+,36-34+,39-37+. The van der Waals surface area contributed by atoms with Crippen LogP contribution in [-0.2, 0) is 28.6 Å². The van der Waals surface area contributed by atoms with Gasteiger partial charge in [-0.3, -0.25) is 9.59 Å². The third kappa shape index (κ3) is 41.1. The summed E-state index contributed by atoms with van der Waals surface area (Å²) in [6.07, 6.45) is 60.9. The van der Waals surface area contributed by atoms with Gasteiger partial charge in [-0.05, 0) is 103 Å². The van der Waals surface area contributed by atoms with Crippen molar-refractivity contribution in [2.24, 2.45) is 0 Å². The number of carboxylic acids is 1. The molecule has 0 aliphatic heterocycles. The zero-order chi connectivity index (χ0) is 45.6. The van der Waals surface area contributed by atoms with Crippen LogP contribution in [0.5, 0.6) is 0 Å². The van der Waals surface area contributed by atoms with E-state index in [1.54, 1.807) is 21.1 Å². The van der Waals surface area contributed by atoms with Gasteiger partial charge in [0.05, 0.1) is 40.3 Å². The molecule has 2 unspecified atom stereocenters. The molecule has 0 spiro atoms. The van der Waals surface area contributed by atoms with Crippen LogP contribution < -0.4 is 5.11 Å². The topological polar surface area (TPSA) is 102 Å². The Balaban J connectivity index is 4.51. The van der Waals surface area contributed by atoms with E-state index in [0.29, 0.717) is 12.8 Å². The number of hydrogen-bond donors (Lipinski definition) is 0. The van der Waals surface area contributed by atoms with E-state index in [1.165, 1.54) is 25.7 Å². The van der Waals surface area contributed by atoms with Crippen molar-refractivity contribution in [1.82, 2.24) is 0 Å². The zero-order valence-corrected chi connectivity index (χ0v) is 39.5. The quantitative estimate of drug-likeness (QED) is 0.0262. The minimum Gasteiger partial charge on any atom is -0.544 e. The van der Waals surface area contributed by atoms with Crippen molar-refractivity contribution in [3.8, 4) is 0 Å². The third-order valence-electron chi connectivity index (χ3n) is 9.58. The maximum absolute atomic E-state index is 12.7. The SMILES string of the molecule is CC/C=C/C/C=C/C/C=C/C/C=C/C/C=C/CCCC(=O)OC(COCCC(C(=O)[O-])[N+](C)(C)C)COC(=O)CCCC/C=C/C/C=C/C/C=C/C/C=C/C/C=C/CCCCC. The molecule has 0 aromatic heterocycles. The molecule has 8 heteroatoms. The van der Waals surface area contributed by atoms with Crippen LogP contribution in [0.3, 0.4) is 0 Å². The average Bonchev–Trinajstić information content (AvgIpc) is 3.23. The predicted molar refractivity (Wildman–Crippen MR) is 258 cm³/mol. The van der Waals surface area contributed by atoms with E-state index in [0.717, 1.165) is 77.0 Å². The lowest BCUT2D eigenvalue weighted by atomic mass is 10.1. The highest BCUT2D eigenvalue weighted by atomic mass is 16.6. The third-order valence-corrected chi connectivity index (χ3v) is 9.58. The Morgan fingerprint density at radius 3 is 1.32 bits per heavy atom. The van der Waals surface area contributed by atoms with Gasteiger partial charge in [0.15, 0.2) is 6.10 Å².